The Morgan fingerprint density at radius 3 is 2.56 bits per heavy atom. The number of aliphatic hydroxyl groups is 1. The Labute approximate surface area is 105 Å². The number of hydrogen-bond donors (Lipinski definition) is 1. The monoisotopic (exact) mass is 254 g/mol. The SMILES string of the molecule is O=C1O[C@H]2C[C@]1(O)C[C@@H]1OC3(CCCCC3)O[C@H]21. The Hall–Kier alpha value is -0.650. The van der Waals surface area contributed by atoms with Gasteiger partial charge in [-0.1, -0.05) is 6.42 Å². The molecule has 5 heteroatoms. The second kappa shape index (κ2) is 3.46. The topological polar surface area (TPSA) is 65.0 Å². The number of carbonyl (C=O) groups is 1. The van der Waals surface area contributed by atoms with Crippen LogP contribution in [0.3, 0.4) is 0 Å². The largest absolute Gasteiger partial charge is 0.457 e. The van der Waals surface area contributed by atoms with Gasteiger partial charge in [0.2, 0.25) is 0 Å². The number of ether oxygens (including phenoxy) is 3. The molecule has 1 N–H and O–H groups in total. The predicted molar refractivity (Wildman–Crippen MR) is 59.6 cm³/mol. The molecule has 2 heterocycles. The zero-order valence-electron chi connectivity index (χ0n) is 10.3. The van der Waals surface area contributed by atoms with Gasteiger partial charge in [0.05, 0.1) is 6.10 Å². The molecule has 4 aliphatic rings. The van der Waals surface area contributed by atoms with Crippen LogP contribution < -0.4 is 0 Å². The Bertz CT molecular complexity index is 389. The summed E-state index contributed by atoms with van der Waals surface area (Å²) < 4.78 is 17.4. The fourth-order valence-corrected chi connectivity index (χ4v) is 3.88. The Balaban J connectivity index is 1.59. The lowest BCUT2D eigenvalue weighted by Gasteiger charge is -2.32. The van der Waals surface area contributed by atoms with Gasteiger partial charge in [-0.05, 0) is 12.8 Å². The molecule has 0 aromatic rings. The van der Waals surface area contributed by atoms with Gasteiger partial charge in [0.1, 0.15) is 12.2 Å². The van der Waals surface area contributed by atoms with E-state index in [2.05, 4.69) is 0 Å². The zero-order valence-corrected chi connectivity index (χ0v) is 10.3. The summed E-state index contributed by atoms with van der Waals surface area (Å²) in [5, 5.41) is 10.2. The highest BCUT2D eigenvalue weighted by Crippen LogP contribution is 2.49. The molecule has 4 fully saturated rings. The summed E-state index contributed by atoms with van der Waals surface area (Å²) in [6.45, 7) is 0. The Kier molecular flexibility index (Phi) is 2.16. The first-order valence-corrected chi connectivity index (χ1v) is 6.89. The first-order chi connectivity index (χ1) is 8.60. The smallest absolute Gasteiger partial charge is 0.338 e. The van der Waals surface area contributed by atoms with E-state index in [-0.39, 0.29) is 18.3 Å². The van der Waals surface area contributed by atoms with Gasteiger partial charge in [0, 0.05) is 25.7 Å². The molecule has 5 nitrogen and oxygen atoms in total. The van der Waals surface area contributed by atoms with Gasteiger partial charge in [-0.15, -0.1) is 0 Å². The van der Waals surface area contributed by atoms with Crippen molar-refractivity contribution in [3.63, 3.8) is 0 Å². The van der Waals surface area contributed by atoms with Gasteiger partial charge >= 0.3 is 5.97 Å². The van der Waals surface area contributed by atoms with Crippen LogP contribution in [0.1, 0.15) is 44.9 Å². The molecule has 0 radical (unpaired) electrons. The Morgan fingerprint density at radius 2 is 1.78 bits per heavy atom. The summed E-state index contributed by atoms with van der Waals surface area (Å²) in [5.74, 6) is -0.979. The average Bonchev–Trinajstić information content (AvgIpc) is 2.79. The second-order valence-electron chi connectivity index (χ2n) is 6.09. The lowest BCUT2D eigenvalue weighted by Crippen LogP contribution is -2.47. The van der Waals surface area contributed by atoms with Crippen molar-refractivity contribution in [1.82, 2.24) is 0 Å². The summed E-state index contributed by atoms with van der Waals surface area (Å²) in [4.78, 5) is 11.6. The van der Waals surface area contributed by atoms with E-state index < -0.39 is 17.4 Å². The number of esters is 1. The van der Waals surface area contributed by atoms with Crippen molar-refractivity contribution in [3.05, 3.63) is 0 Å². The van der Waals surface area contributed by atoms with Gasteiger partial charge in [0.15, 0.2) is 11.4 Å². The molecule has 2 bridgehead atoms. The number of rotatable bonds is 0. The molecule has 0 aromatic heterocycles. The summed E-state index contributed by atoms with van der Waals surface area (Å²) in [7, 11) is 0. The van der Waals surface area contributed by atoms with Crippen molar-refractivity contribution >= 4 is 5.97 Å². The van der Waals surface area contributed by atoms with Crippen LogP contribution in [0.2, 0.25) is 0 Å². The van der Waals surface area contributed by atoms with Crippen LogP contribution in [0.25, 0.3) is 0 Å². The molecule has 4 atom stereocenters. The fourth-order valence-electron chi connectivity index (χ4n) is 3.88. The highest BCUT2D eigenvalue weighted by Gasteiger charge is 2.63. The molecule has 2 saturated heterocycles. The van der Waals surface area contributed by atoms with Crippen molar-refractivity contribution < 1.29 is 24.1 Å². The lowest BCUT2D eigenvalue weighted by atomic mass is 9.82. The average molecular weight is 254 g/mol. The van der Waals surface area contributed by atoms with Crippen LogP contribution in [-0.4, -0.2) is 40.8 Å². The summed E-state index contributed by atoms with van der Waals surface area (Å²) in [5.41, 5.74) is -1.34. The van der Waals surface area contributed by atoms with Crippen molar-refractivity contribution in [2.24, 2.45) is 0 Å². The highest BCUT2D eigenvalue weighted by molar-refractivity contribution is 5.82. The van der Waals surface area contributed by atoms with Crippen LogP contribution in [0.15, 0.2) is 0 Å². The van der Waals surface area contributed by atoms with E-state index in [4.69, 9.17) is 14.2 Å². The molecule has 2 aliphatic carbocycles. The minimum atomic E-state index is -1.34. The minimum Gasteiger partial charge on any atom is -0.457 e. The van der Waals surface area contributed by atoms with Crippen LogP contribution >= 0.6 is 0 Å². The molecule has 0 aromatic carbocycles. The predicted octanol–water partition coefficient (Wildman–Crippen LogP) is 0.881. The van der Waals surface area contributed by atoms with E-state index in [1.807, 2.05) is 0 Å². The van der Waals surface area contributed by atoms with Gasteiger partial charge in [-0.3, -0.25) is 0 Å². The molecule has 2 saturated carbocycles. The van der Waals surface area contributed by atoms with Crippen molar-refractivity contribution in [2.45, 2.75) is 74.6 Å². The molecular formula is C13H18O5. The molecule has 4 rings (SSSR count). The molecule has 100 valence electrons. The standard InChI is InChI=1S/C13H18O5/c14-11-12(15)6-8(16-11)10-9(7-12)17-13(18-10)4-2-1-3-5-13/h8-10,15H,1-7H2/t8-,9-,10+,12-/m0/s1. The second-order valence-corrected chi connectivity index (χ2v) is 6.09. The third kappa shape index (κ3) is 1.41. The zero-order chi connectivity index (χ0) is 12.4. The maximum atomic E-state index is 11.6. The van der Waals surface area contributed by atoms with Crippen molar-refractivity contribution in [2.75, 3.05) is 0 Å². The molecule has 1 spiro atoms. The number of carbonyl (C=O) groups excluding carboxylic acids is 1. The van der Waals surface area contributed by atoms with Gasteiger partial charge in [0.25, 0.3) is 0 Å². The third-order valence-corrected chi connectivity index (χ3v) is 4.78. The van der Waals surface area contributed by atoms with E-state index in [1.54, 1.807) is 0 Å². The van der Waals surface area contributed by atoms with Gasteiger partial charge < -0.3 is 19.3 Å². The quantitative estimate of drug-likeness (QED) is 0.650. The summed E-state index contributed by atoms with van der Waals surface area (Å²) in [6.07, 6.45) is 5.25. The number of hydrogen-bond acceptors (Lipinski definition) is 5. The normalized spacial score (nSPS) is 49.2. The van der Waals surface area contributed by atoms with Crippen LogP contribution in [0.4, 0.5) is 0 Å². The first-order valence-electron chi connectivity index (χ1n) is 6.89. The first kappa shape index (κ1) is 11.2. The van der Waals surface area contributed by atoms with Gasteiger partial charge in [-0.2, -0.15) is 0 Å². The maximum absolute atomic E-state index is 11.6. The van der Waals surface area contributed by atoms with E-state index >= 15 is 0 Å². The van der Waals surface area contributed by atoms with E-state index in [9.17, 15) is 9.90 Å². The molecule has 0 amide bonds. The maximum Gasteiger partial charge on any atom is 0.338 e. The van der Waals surface area contributed by atoms with Crippen molar-refractivity contribution in [3.8, 4) is 0 Å². The summed E-state index contributed by atoms with van der Waals surface area (Å²) in [6, 6.07) is 0. The fraction of sp³-hybridized carbons (Fsp3) is 0.923. The molecular weight excluding hydrogens is 236 g/mol. The molecule has 0 unspecified atom stereocenters. The molecule has 18 heavy (non-hydrogen) atoms. The molecule has 2 aliphatic heterocycles. The van der Waals surface area contributed by atoms with E-state index in [0.717, 1.165) is 25.7 Å². The van der Waals surface area contributed by atoms with E-state index in [1.165, 1.54) is 6.42 Å². The lowest BCUT2D eigenvalue weighted by molar-refractivity contribution is -0.203. The van der Waals surface area contributed by atoms with E-state index in [0.29, 0.717) is 12.8 Å². The Morgan fingerprint density at radius 1 is 1.06 bits per heavy atom. The highest BCUT2D eigenvalue weighted by atomic mass is 16.8. The third-order valence-electron chi connectivity index (χ3n) is 4.78. The summed E-state index contributed by atoms with van der Waals surface area (Å²) >= 11 is 0. The van der Waals surface area contributed by atoms with Gasteiger partial charge in [-0.25, -0.2) is 4.79 Å². The van der Waals surface area contributed by atoms with Crippen LogP contribution in [0, 0.1) is 0 Å². The number of fused-ring (bicyclic) bond motifs is 4. The minimum absolute atomic E-state index is 0.185. The van der Waals surface area contributed by atoms with Crippen LogP contribution in [0.5, 0.6) is 0 Å². The van der Waals surface area contributed by atoms with Crippen LogP contribution in [-0.2, 0) is 19.0 Å². The van der Waals surface area contributed by atoms with Crippen molar-refractivity contribution in [1.29, 1.82) is 0 Å².